The third kappa shape index (κ3) is 3.59. The first kappa shape index (κ1) is 13.6. The predicted octanol–water partition coefficient (Wildman–Crippen LogP) is 2.56. The van der Waals surface area contributed by atoms with E-state index < -0.39 is 5.97 Å². The van der Waals surface area contributed by atoms with Gasteiger partial charge in [0.15, 0.2) is 5.16 Å². The van der Waals surface area contributed by atoms with Crippen LogP contribution in [0, 0.1) is 0 Å². The van der Waals surface area contributed by atoms with Crippen molar-refractivity contribution in [3.63, 3.8) is 0 Å². The van der Waals surface area contributed by atoms with Crippen molar-refractivity contribution in [1.82, 2.24) is 9.97 Å². The molecule has 0 radical (unpaired) electrons. The number of benzene rings is 1. The highest BCUT2D eigenvalue weighted by atomic mass is 35.5. The van der Waals surface area contributed by atoms with Crippen molar-refractivity contribution in [3.8, 4) is 11.1 Å². The van der Waals surface area contributed by atoms with E-state index in [-0.39, 0.29) is 5.75 Å². The molecule has 0 amide bonds. The molecule has 0 saturated carbocycles. The highest BCUT2D eigenvalue weighted by Gasteiger charge is 2.08. The molecule has 0 unspecified atom stereocenters. The molecule has 7 heteroatoms. The Balaban J connectivity index is 2.24. The topological polar surface area (TPSA) is 89.1 Å². The summed E-state index contributed by atoms with van der Waals surface area (Å²) in [5.41, 5.74) is 7.40. The monoisotopic (exact) mass is 295 g/mol. The second kappa shape index (κ2) is 5.90. The van der Waals surface area contributed by atoms with Crippen LogP contribution in [-0.4, -0.2) is 26.8 Å². The summed E-state index contributed by atoms with van der Waals surface area (Å²) in [7, 11) is 0. The van der Waals surface area contributed by atoms with Gasteiger partial charge in [-0.25, -0.2) is 9.97 Å². The van der Waals surface area contributed by atoms with Crippen LogP contribution < -0.4 is 5.73 Å². The Bertz CT molecular complexity index is 604. The number of nitrogens with two attached hydrogens (primary N) is 1. The zero-order valence-electron chi connectivity index (χ0n) is 9.71. The van der Waals surface area contributed by atoms with Crippen molar-refractivity contribution in [2.75, 3.05) is 11.5 Å². The van der Waals surface area contributed by atoms with Crippen molar-refractivity contribution in [2.24, 2.45) is 0 Å². The summed E-state index contributed by atoms with van der Waals surface area (Å²) >= 11 is 6.84. The van der Waals surface area contributed by atoms with Crippen LogP contribution in [0.1, 0.15) is 0 Å². The number of hydrogen-bond donors (Lipinski definition) is 2. The molecular formula is C12H10ClN3O2S. The maximum absolute atomic E-state index is 10.5. The number of carboxylic acids is 1. The number of hydrogen-bond acceptors (Lipinski definition) is 5. The Morgan fingerprint density at radius 3 is 2.63 bits per heavy atom. The van der Waals surface area contributed by atoms with Crippen LogP contribution in [0.15, 0.2) is 35.6 Å². The number of anilines is 1. The van der Waals surface area contributed by atoms with Gasteiger partial charge in [-0.3, -0.25) is 4.79 Å². The van der Waals surface area contributed by atoms with E-state index in [0.29, 0.717) is 21.6 Å². The standard InChI is InChI=1S/C12H10ClN3O2S/c13-8-3-1-7(2-4-8)9-5-15-12(16-11(9)14)19-6-10(17)18/h1-5H,6H2,(H,17,18)(H2,14,15,16). The van der Waals surface area contributed by atoms with Gasteiger partial charge in [0.2, 0.25) is 0 Å². The van der Waals surface area contributed by atoms with Gasteiger partial charge in [0.05, 0.1) is 5.75 Å². The number of carbonyl (C=O) groups is 1. The molecule has 2 rings (SSSR count). The largest absolute Gasteiger partial charge is 0.481 e. The predicted molar refractivity (Wildman–Crippen MR) is 75.3 cm³/mol. The van der Waals surface area contributed by atoms with Gasteiger partial charge in [-0.05, 0) is 17.7 Å². The molecule has 98 valence electrons. The average Bonchev–Trinajstić information content (AvgIpc) is 2.38. The van der Waals surface area contributed by atoms with Gasteiger partial charge in [0, 0.05) is 16.8 Å². The fraction of sp³-hybridized carbons (Fsp3) is 0.0833. The molecule has 0 spiro atoms. The first-order chi connectivity index (χ1) is 9.06. The fourth-order valence-corrected chi connectivity index (χ4v) is 2.09. The van der Waals surface area contributed by atoms with Crippen LogP contribution in [0.3, 0.4) is 0 Å². The van der Waals surface area contributed by atoms with Crippen LogP contribution in [0.5, 0.6) is 0 Å². The van der Waals surface area contributed by atoms with E-state index in [1.54, 1.807) is 18.3 Å². The van der Waals surface area contributed by atoms with Crippen LogP contribution in [0.2, 0.25) is 5.02 Å². The van der Waals surface area contributed by atoms with Crippen molar-refractivity contribution in [1.29, 1.82) is 0 Å². The third-order valence-electron chi connectivity index (χ3n) is 2.28. The van der Waals surface area contributed by atoms with E-state index in [1.807, 2.05) is 12.1 Å². The molecule has 2 aromatic rings. The molecule has 5 nitrogen and oxygen atoms in total. The first-order valence-corrected chi connectivity index (χ1v) is 6.65. The Morgan fingerprint density at radius 1 is 1.37 bits per heavy atom. The number of carboxylic acid groups (broad SMARTS) is 1. The van der Waals surface area contributed by atoms with Crippen LogP contribution in [-0.2, 0) is 4.79 Å². The van der Waals surface area contributed by atoms with E-state index in [1.165, 1.54) is 0 Å². The Morgan fingerprint density at radius 2 is 2.05 bits per heavy atom. The lowest BCUT2D eigenvalue weighted by molar-refractivity contribution is -0.133. The molecule has 0 aliphatic rings. The third-order valence-corrected chi connectivity index (χ3v) is 3.37. The minimum atomic E-state index is -0.922. The molecule has 0 atom stereocenters. The normalized spacial score (nSPS) is 10.4. The van der Waals surface area contributed by atoms with Gasteiger partial charge in [-0.15, -0.1) is 0 Å². The smallest absolute Gasteiger partial charge is 0.313 e. The Hall–Kier alpha value is -1.79. The average molecular weight is 296 g/mol. The molecular weight excluding hydrogens is 286 g/mol. The quantitative estimate of drug-likeness (QED) is 0.665. The molecule has 0 fully saturated rings. The molecule has 0 aliphatic carbocycles. The lowest BCUT2D eigenvalue weighted by Gasteiger charge is -2.06. The van der Waals surface area contributed by atoms with Crippen molar-refractivity contribution in [2.45, 2.75) is 5.16 Å². The summed E-state index contributed by atoms with van der Waals surface area (Å²) in [6.07, 6.45) is 1.58. The summed E-state index contributed by atoms with van der Waals surface area (Å²) < 4.78 is 0. The highest BCUT2D eigenvalue weighted by molar-refractivity contribution is 7.99. The molecule has 1 heterocycles. The van der Waals surface area contributed by atoms with Gasteiger partial charge in [-0.1, -0.05) is 35.5 Å². The first-order valence-electron chi connectivity index (χ1n) is 5.29. The number of nitrogen functional groups attached to an aromatic ring is 1. The summed E-state index contributed by atoms with van der Waals surface area (Å²) in [5.74, 6) is -0.709. The van der Waals surface area contributed by atoms with Crippen LogP contribution >= 0.6 is 23.4 Å². The SMILES string of the molecule is Nc1nc(SCC(=O)O)ncc1-c1ccc(Cl)cc1. The second-order valence-electron chi connectivity index (χ2n) is 3.64. The number of halogens is 1. The maximum Gasteiger partial charge on any atom is 0.313 e. The molecule has 0 aliphatic heterocycles. The number of aliphatic carboxylic acids is 1. The van der Waals surface area contributed by atoms with Crippen molar-refractivity contribution in [3.05, 3.63) is 35.5 Å². The fourth-order valence-electron chi connectivity index (χ4n) is 1.43. The molecule has 19 heavy (non-hydrogen) atoms. The maximum atomic E-state index is 10.5. The number of thioether (sulfide) groups is 1. The molecule has 1 aromatic carbocycles. The zero-order chi connectivity index (χ0) is 13.8. The Kier molecular flexibility index (Phi) is 4.24. The summed E-state index contributed by atoms with van der Waals surface area (Å²) in [4.78, 5) is 18.6. The second-order valence-corrected chi connectivity index (χ2v) is 5.02. The molecule has 3 N–H and O–H groups in total. The van der Waals surface area contributed by atoms with Crippen molar-refractivity contribution < 1.29 is 9.90 Å². The van der Waals surface area contributed by atoms with E-state index in [4.69, 9.17) is 22.4 Å². The zero-order valence-corrected chi connectivity index (χ0v) is 11.3. The summed E-state index contributed by atoms with van der Waals surface area (Å²) in [6.45, 7) is 0. The summed E-state index contributed by atoms with van der Waals surface area (Å²) in [6, 6.07) is 7.15. The van der Waals surface area contributed by atoms with E-state index in [9.17, 15) is 4.79 Å². The van der Waals surface area contributed by atoms with E-state index >= 15 is 0 Å². The van der Waals surface area contributed by atoms with Gasteiger partial charge >= 0.3 is 5.97 Å². The van der Waals surface area contributed by atoms with Crippen LogP contribution in [0.25, 0.3) is 11.1 Å². The molecule has 1 aromatic heterocycles. The summed E-state index contributed by atoms with van der Waals surface area (Å²) in [5, 5.41) is 9.56. The number of aromatic nitrogens is 2. The van der Waals surface area contributed by atoms with Crippen LogP contribution in [0.4, 0.5) is 5.82 Å². The lowest BCUT2D eigenvalue weighted by Crippen LogP contribution is -2.02. The van der Waals surface area contributed by atoms with E-state index in [0.717, 1.165) is 17.3 Å². The van der Waals surface area contributed by atoms with Gasteiger partial charge in [0.25, 0.3) is 0 Å². The number of nitrogens with zero attached hydrogens (tertiary/aromatic N) is 2. The Labute approximate surface area is 118 Å². The number of rotatable bonds is 4. The van der Waals surface area contributed by atoms with Gasteiger partial charge < -0.3 is 10.8 Å². The minimum absolute atomic E-state index is 0.0975. The molecule has 0 bridgehead atoms. The van der Waals surface area contributed by atoms with Crippen molar-refractivity contribution >= 4 is 35.1 Å². The molecule has 0 saturated heterocycles. The van der Waals surface area contributed by atoms with Gasteiger partial charge in [0.1, 0.15) is 5.82 Å². The van der Waals surface area contributed by atoms with E-state index in [2.05, 4.69) is 9.97 Å². The van der Waals surface area contributed by atoms with Gasteiger partial charge in [-0.2, -0.15) is 0 Å². The lowest BCUT2D eigenvalue weighted by atomic mass is 10.1. The highest BCUT2D eigenvalue weighted by Crippen LogP contribution is 2.26. The minimum Gasteiger partial charge on any atom is -0.481 e.